The van der Waals surface area contributed by atoms with E-state index in [0.717, 1.165) is 61.7 Å². The van der Waals surface area contributed by atoms with E-state index in [1.54, 1.807) is 6.07 Å². The maximum atomic E-state index is 13.2. The first-order valence-corrected chi connectivity index (χ1v) is 16.7. The average Bonchev–Trinajstić information content (AvgIpc) is 3.05. The number of benzene rings is 2. The first kappa shape index (κ1) is 27.9. The molecule has 6 atom stereocenters. The zero-order valence-corrected chi connectivity index (χ0v) is 24.4. The smallest absolute Gasteiger partial charge is 0.262 e. The van der Waals surface area contributed by atoms with Crippen LogP contribution in [0.5, 0.6) is 5.75 Å². The number of ether oxygens (including phenoxy) is 1. The Morgan fingerprint density at radius 3 is 2.75 bits per heavy atom. The molecule has 216 valence electrons. The Balaban J connectivity index is 1.40. The molecule has 4 aliphatic rings. The van der Waals surface area contributed by atoms with Crippen molar-refractivity contribution < 1.29 is 24.0 Å². The van der Waals surface area contributed by atoms with Gasteiger partial charge < -0.3 is 19.8 Å². The number of fused-ring (bicyclic) bond motifs is 4. The van der Waals surface area contributed by atoms with Crippen LogP contribution in [0, 0.1) is 11.8 Å². The summed E-state index contributed by atoms with van der Waals surface area (Å²) in [5.74, 6) is 4.57. The number of carbonyl (C=O) groups is 1. The number of nitrogens with zero attached hydrogens (tertiary/aromatic N) is 1. The maximum absolute atomic E-state index is 13.2. The molecule has 3 N–H and O–H groups in total. The lowest BCUT2D eigenvalue weighted by atomic mass is 9.68. The van der Waals surface area contributed by atoms with Crippen LogP contribution in [0.3, 0.4) is 0 Å². The first-order chi connectivity index (χ1) is 19.1. The fraction of sp³-hybridized carbons (Fsp3) is 0.548. The minimum atomic E-state index is -2.94. The highest BCUT2D eigenvalue weighted by molar-refractivity contribution is 7.99. The van der Waals surface area contributed by atoms with E-state index in [-0.39, 0.29) is 23.5 Å². The third-order valence-corrected chi connectivity index (χ3v) is 11.3. The van der Waals surface area contributed by atoms with Crippen LogP contribution < -0.4 is 14.4 Å². The maximum Gasteiger partial charge on any atom is 0.262 e. The first-order valence-electron chi connectivity index (χ1n) is 14.5. The molecule has 2 bridgehead atoms. The van der Waals surface area contributed by atoms with E-state index < -0.39 is 27.8 Å². The minimum Gasteiger partial charge on any atom is -0.490 e. The van der Waals surface area contributed by atoms with Crippen LogP contribution in [0.4, 0.5) is 5.69 Å². The van der Waals surface area contributed by atoms with E-state index in [1.165, 1.54) is 11.1 Å². The van der Waals surface area contributed by atoms with Gasteiger partial charge in [0.05, 0.1) is 24.5 Å². The summed E-state index contributed by atoms with van der Waals surface area (Å²) in [6, 6.07) is 11.6. The standard InChI is InChI=1S/C31H39ClN2O5S/c1-40(38)14-12-24(35)7-10-28(36)25-8-4-22(25)17-34-18-31(13-2-3-20-15-23(32)6-9-26(20)31)19-39-29-11-5-21(16-27(29)34)30(37)33-40/h5-6,9,11,15-16,22,24-25,28,35-36H,1-4,7-8,10,12-14,17-19H2,(H,33,37,38)/t22-,24-,25+,28-,31-,40?/m0/s1. The van der Waals surface area contributed by atoms with E-state index in [2.05, 4.69) is 27.6 Å². The Morgan fingerprint density at radius 2 is 1.95 bits per heavy atom. The topological polar surface area (TPSA) is 99.1 Å². The number of anilines is 1. The molecule has 9 heteroatoms. The monoisotopic (exact) mass is 586 g/mol. The number of carbonyl (C=O) groups excluding carboxylic acids is 1. The van der Waals surface area contributed by atoms with Crippen molar-refractivity contribution in [2.45, 2.75) is 69.0 Å². The van der Waals surface area contributed by atoms with E-state index in [0.29, 0.717) is 30.9 Å². The lowest BCUT2D eigenvalue weighted by Crippen LogP contribution is -2.49. The Hall–Kier alpha value is -2.26. The molecule has 1 fully saturated rings. The van der Waals surface area contributed by atoms with Gasteiger partial charge in [0.15, 0.2) is 0 Å². The SMILES string of the molecule is C=S1(=O)CC[C@@H](O)CC[C@H](O)[C@@H]2CC[C@H]2CN2C[C@@]3(CCCc4cc(Cl)ccc43)COc3ccc(cc32)C(=O)N1. The van der Waals surface area contributed by atoms with Crippen molar-refractivity contribution in [2.24, 2.45) is 11.8 Å². The molecule has 6 rings (SSSR count). The average molecular weight is 587 g/mol. The van der Waals surface area contributed by atoms with Gasteiger partial charge in [0, 0.05) is 44.6 Å². The van der Waals surface area contributed by atoms with Crippen molar-refractivity contribution in [3.05, 3.63) is 58.1 Å². The Labute approximate surface area is 242 Å². The highest BCUT2D eigenvalue weighted by Gasteiger charge is 2.44. The zero-order chi connectivity index (χ0) is 28.1. The number of hydrogen-bond acceptors (Lipinski definition) is 6. The molecule has 2 aromatic carbocycles. The summed E-state index contributed by atoms with van der Waals surface area (Å²) in [6.07, 6.45) is 4.98. The van der Waals surface area contributed by atoms with Crippen LogP contribution in [-0.2, 0) is 21.5 Å². The van der Waals surface area contributed by atoms with Crippen molar-refractivity contribution in [3.63, 3.8) is 0 Å². The molecule has 2 aromatic rings. The van der Waals surface area contributed by atoms with Gasteiger partial charge in [0.1, 0.15) is 5.75 Å². The van der Waals surface area contributed by atoms with Gasteiger partial charge >= 0.3 is 0 Å². The summed E-state index contributed by atoms with van der Waals surface area (Å²) in [5, 5.41) is 22.3. The van der Waals surface area contributed by atoms with Crippen LogP contribution in [-0.4, -0.2) is 63.9 Å². The molecule has 1 unspecified atom stereocenters. The van der Waals surface area contributed by atoms with Gasteiger partial charge in [0.25, 0.3) is 5.91 Å². The van der Waals surface area contributed by atoms with E-state index in [4.69, 9.17) is 16.3 Å². The van der Waals surface area contributed by atoms with Crippen LogP contribution >= 0.6 is 11.6 Å². The van der Waals surface area contributed by atoms with Gasteiger partial charge in [-0.3, -0.25) is 9.52 Å². The Bertz CT molecular complexity index is 1400. The highest BCUT2D eigenvalue weighted by Crippen LogP contribution is 2.47. The minimum absolute atomic E-state index is 0.0776. The third-order valence-electron chi connectivity index (χ3n) is 9.58. The summed E-state index contributed by atoms with van der Waals surface area (Å²) < 4.78 is 22.2. The molecule has 2 heterocycles. The van der Waals surface area contributed by atoms with Crippen molar-refractivity contribution >= 4 is 38.8 Å². The Morgan fingerprint density at radius 1 is 1.10 bits per heavy atom. The van der Waals surface area contributed by atoms with Crippen molar-refractivity contribution in [2.75, 3.05) is 30.3 Å². The summed E-state index contributed by atoms with van der Waals surface area (Å²) in [5.41, 5.74) is 3.56. The third kappa shape index (κ3) is 5.48. The molecular formula is C31H39ClN2O5S. The molecule has 1 spiro atoms. The normalized spacial score (nSPS) is 34.5. The molecule has 40 heavy (non-hydrogen) atoms. The number of aliphatic hydroxyl groups is 2. The fourth-order valence-electron chi connectivity index (χ4n) is 7.19. The molecule has 0 saturated heterocycles. The van der Waals surface area contributed by atoms with E-state index in [1.807, 2.05) is 18.2 Å². The Kier molecular flexibility index (Phi) is 7.57. The van der Waals surface area contributed by atoms with Crippen LogP contribution in [0.2, 0.25) is 5.02 Å². The number of halogens is 1. The fourth-order valence-corrected chi connectivity index (χ4v) is 8.60. The van der Waals surface area contributed by atoms with Gasteiger partial charge in [-0.1, -0.05) is 17.7 Å². The van der Waals surface area contributed by atoms with Gasteiger partial charge in [-0.05, 0) is 111 Å². The number of nitrogens with one attached hydrogen (secondary N) is 1. The lowest BCUT2D eigenvalue weighted by molar-refractivity contribution is 0.00133. The van der Waals surface area contributed by atoms with E-state index >= 15 is 0 Å². The molecule has 2 aliphatic carbocycles. The predicted molar refractivity (Wildman–Crippen MR) is 160 cm³/mol. The van der Waals surface area contributed by atoms with Gasteiger partial charge in [-0.15, -0.1) is 0 Å². The quantitative estimate of drug-likeness (QED) is 0.402. The second kappa shape index (κ2) is 10.9. The predicted octanol–water partition coefficient (Wildman–Crippen LogP) is 4.11. The van der Waals surface area contributed by atoms with Crippen LogP contribution in [0.1, 0.15) is 66.4 Å². The second-order valence-electron chi connectivity index (χ2n) is 12.3. The van der Waals surface area contributed by atoms with Gasteiger partial charge in [-0.25, -0.2) is 4.21 Å². The molecule has 1 amide bonds. The molecular weight excluding hydrogens is 548 g/mol. The zero-order valence-electron chi connectivity index (χ0n) is 22.8. The van der Waals surface area contributed by atoms with E-state index in [9.17, 15) is 19.2 Å². The number of amides is 1. The summed E-state index contributed by atoms with van der Waals surface area (Å²) in [7, 11) is -2.94. The van der Waals surface area contributed by atoms with Crippen LogP contribution in [0.15, 0.2) is 36.4 Å². The van der Waals surface area contributed by atoms with Crippen molar-refractivity contribution in [1.29, 1.82) is 0 Å². The number of aliphatic hydroxyl groups excluding tert-OH is 2. The van der Waals surface area contributed by atoms with Gasteiger partial charge in [0.2, 0.25) is 0 Å². The number of rotatable bonds is 0. The highest BCUT2D eigenvalue weighted by atomic mass is 35.5. The second-order valence-corrected chi connectivity index (χ2v) is 15.0. The summed E-state index contributed by atoms with van der Waals surface area (Å²) >= 11 is 6.38. The molecule has 0 aromatic heterocycles. The number of hydrogen-bond donors (Lipinski definition) is 3. The number of aryl methyl sites for hydroxylation is 1. The lowest BCUT2D eigenvalue weighted by Gasteiger charge is -2.46. The van der Waals surface area contributed by atoms with Crippen molar-refractivity contribution in [1.82, 2.24) is 4.72 Å². The summed E-state index contributed by atoms with van der Waals surface area (Å²) in [6.45, 7) is 1.99. The van der Waals surface area contributed by atoms with Gasteiger partial charge in [-0.2, -0.15) is 0 Å². The molecule has 2 aliphatic heterocycles. The molecule has 1 saturated carbocycles. The largest absolute Gasteiger partial charge is 0.490 e. The molecule has 7 nitrogen and oxygen atoms in total. The van der Waals surface area contributed by atoms with Crippen molar-refractivity contribution in [3.8, 4) is 5.75 Å². The van der Waals surface area contributed by atoms with Crippen LogP contribution in [0.25, 0.3) is 0 Å². The summed E-state index contributed by atoms with van der Waals surface area (Å²) in [4.78, 5) is 15.6. The molecule has 0 radical (unpaired) electrons.